The van der Waals surface area contributed by atoms with E-state index >= 15 is 0 Å². The van der Waals surface area contributed by atoms with Crippen molar-refractivity contribution in [3.8, 4) is 0 Å². The second-order valence-electron chi connectivity index (χ2n) is 8.28. The molecule has 35 heavy (non-hydrogen) atoms. The van der Waals surface area contributed by atoms with Gasteiger partial charge in [-0.1, -0.05) is 55.2 Å². The van der Waals surface area contributed by atoms with Crippen molar-refractivity contribution < 1.29 is 13.6 Å². The zero-order chi connectivity index (χ0) is 25.0. The summed E-state index contributed by atoms with van der Waals surface area (Å²) in [5.74, 6) is 0.174. The Morgan fingerprint density at radius 2 is 2.11 bits per heavy atom. The molecule has 186 valence electrons. The number of nitrogens with zero attached hydrogens (tertiary/aromatic N) is 4. The van der Waals surface area contributed by atoms with Crippen LogP contribution in [0, 0.1) is 0 Å². The van der Waals surface area contributed by atoms with Gasteiger partial charge < -0.3 is 9.88 Å². The molecule has 1 aliphatic rings. The van der Waals surface area contributed by atoms with Gasteiger partial charge in [-0.3, -0.25) is 10.1 Å². The number of azo groups is 1. The largest absolute Gasteiger partial charge is 0.349 e. The maximum atomic E-state index is 13.0. The molecule has 2 heterocycles. The maximum Gasteiger partial charge on any atom is 0.287 e. The van der Waals surface area contributed by atoms with Crippen LogP contribution in [-0.2, 0) is 6.54 Å². The van der Waals surface area contributed by atoms with Gasteiger partial charge in [-0.15, -0.1) is 0 Å². The predicted molar refractivity (Wildman–Crippen MR) is 134 cm³/mol. The SMILES string of the molecule is C=C/C=C\C=C/CCCn1c(C(=O)NCCC(C)NC2CC=C(C(F)F)N=N2)nc2ccccc21. The standard InChI is InChI=1S/C26H32F2N6O/c1-3-4-5-6-7-8-11-18-34-22-13-10-9-12-20(22)31-25(34)26(35)29-17-16-19(2)30-23-15-14-21(24(27)28)32-33-23/h3-7,9-10,12-14,19,23-24,30H,1,8,11,15-18H2,2H3,(H,29,35)/b5-4-,7-6-. The summed E-state index contributed by atoms with van der Waals surface area (Å²) in [7, 11) is 0. The lowest BCUT2D eigenvalue weighted by molar-refractivity contribution is 0.0938. The monoisotopic (exact) mass is 482 g/mol. The van der Waals surface area contributed by atoms with Gasteiger partial charge in [-0.25, -0.2) is 13.8 Å². The molecule has 1 aromatic heterocycles. The molecule has 1 aromatic carbocycles. The predicted octanol–water partition coefficient (Wildman–Crippen LogP) is 5.54. The first-order valence-electron chi connectivity index (χ1n) is 11.8. The van der Waals surface area contributed by atoms with Crippen LogP contribution in [0.5, 0.6) is 0 Å². The summed E-state index contributed by atoms with van der Waals surface area (Å²) in [5.41, 5.74) is 1.43. The minimum Gasteiger partial charge on any atom is -0.349 e. The number of amides is 1. The van der Waals surface area contributed by atoms with Crippen LogP contribution in [0.1, 0.15) is 43.2 Å². The average Bonchev–Trinajstić information content (AvgIpc) is 3.22. The zero-order valence-corrected chi connectivity index (χ0v) is 19.9. The van der Waals surface area contributed by atoms with Crippen LogP contribution in [0.25, 0.3) is 11.0 Å². The van der Waals surface area contributed by atoms with E-state index in [9.17, 15) is 13.6 Å². The third-order valence-electron chi connectivity index (χ3n) is 5.53. The average molecular weight is 483 g/mol. The maximum absolute atomic E-state index is 13.0. The van der Waals surface area contributed by atoms with E-state index < -0.39 is 6.43 Å². The molecule has 0 spiro atoms. The van der Waals surface area contributed by atoms with Crippen LogP contribution in [-0.4, -0.2) is 40.6 Å². The number of halogens is 2. The van der Waals surface area contributed by atoms with Crippen molar-refractivity contribution in [3.05, 3.63) is 78.8 Å². The molecule has 0 aliphatic carbocycles. The Labute approximate surface area is 204 Å². The van der Waals surface area contributed by atoms with Crippen molar-refractivity contribution in [2.24, 2.45) is 10.2 Å². The minimum absolute atomic E-state index is 0.0153. The lowest BCUT2D eigenvalue weighted by Crippen LogP contribution is -2.38. The molecule has 0 fully saturated rings. The summed E-state index contributed by atoms with van der Waals surface area (Å²) in [6, 6.07) is 7.74. The molecular weight excluding hydrogens is 450 g/mol. The number of carbonyl (C=O) groups excluding carboxylic acids is 1. The van der Waals surface area contributed by atoms with Crippen molar-refractivity contribution >= 4 is 16.9 Å². The highest BCUT2D eigenvalue weighted by Crippen LogP contribution is 2.19. The lowest BCUT2D eigenvalue weighted by atomic mass is 10.2. The first-order valence-corrected chi connectivity index (χ1v) is 11.8. The van der Waals surface area contributed by atoms with Gasteiger partial charge >= 0.3 is 0 Å². The molecule has 3 rings (SSSR count). The fourth-order valence-corrected chi connectivity index (χ4v) is 3.74. The van der Waals surface area contributed by atoms with Crippen LogP contribution in [0.2, 0.25) is 0 Å². The number of aromatic nitrogens is 2. The number of aryl methyl sites for hydroxylation is 1. The molecular formula is C26H32F2N6O. The number of benzene rings is 1. The van der Waals surface area contributed by atoms with Crippen LogP contribution in [0.3, 0.4) is 0 Å². The van der Waals surface area contributed by atoms with Crippen molar-refractivity contribution in [1.82, 2.24) is 20.2 Å². The third kappa shape index (κ3) is 7.78. The number of alkyl halides is 2. The minimum atomic E-state index is -2.60. The number of imidazole rings is 1. The molecule has 2 unspecified atom stereocenters. The Morgan fingerprint density at radius 3 is 2.86 bits per heavy atom. The summed E-state index contributed by atoms with van der Waals surface area (Å²) < 4.78 is 27.2. The molecule has 9 heteroatoms. The summed E-state index contributed by atoms with van der Waals surface area (Å²) in [6.45, 7) is 6.72. The highest BCUT2D eigenvalue weighted by molar-refractivity contribution is 5.94. The van der Waals surface area contributed by atoms with E-state index in [1.165, 1.54) is 6.08 Å². The molecule has 0 saturated carbocycles. The summed E-state index contributed by atoms with van der Waals surface area (Å²) in [4.78, 5) is 17.5. The summed E-state index contributed by atoms with van der Waals surface area (Å²) >= 11 is 0. The smallest absolute Gasteiger partial charge is 0.287 e. The summed E-state index contributed by atoms with van der Waals surface area (Å²) in [6.07, 6.45) is 10.8. The number of carbonyl (C=O) groups is 1. The van der Waals surface area contributed by atoms with E-state index in [1.54, 1.807) is 6.08 Å². The third-order valence-corrected chi connectivity index (χ3v) is 5.53. The van der Waals surface area contributed by atoms with Gasteiger partial charge in [-0.2, -0.15) is 10.2 Å². The van der Waals surface area contributed by atoms with Crippen molar-refractivity contribution in [3.63, 3.8) is 0 Å². The Hall–Kier alpha value is -3.46. The second kappa shape index (κ2) is 13.4. The lowest BCUT2D eigenvalue weighted by Gasteiger charge is -2.20. The van der Waals surface area contributed by atoms with Gasteiger partial charge in [0.2, 0.25) is 0 Å². The first kappa shape index (κ1) is 26.2. The van der Waals surface area contributed by atoms with Crippen LogP contribution in [0.15, 0.2) is 83.2 Å². The molecule has 1 amide bonds. The van der Waals surface area contributed by atoms with Crippen molar-refractivity contribution in [1.29, 1.82) is 0 Å². The number of allylic oxidation sites excluding steroid dienone is 6. The Bertz CT molecular complexity index is 1120. The van der Waals surface area contributed by atoms with Gasteiger partial charge in [0.25, 0.3) is 12.3 Å². The van der Waals surface area contributed by atoms with Crippen molar-refractivity contribution in [2.45, 2.75) is 57.8 Å². The highest BCUT2D eigenvalue weighted by atomic mass is 19.3. The number of para-hydroxylation sites is 2. The number of unbranched alkanes of at least 4 members (excludes halogenated alkanes) is 1. The number of hydrogen-bond donors (Lipinski definition) is 2. The van der Waals surface area contributed by atoms with Crippen LogP contribution >= 0.6 is 0 Å². The molecule has 0 radical (unpaired) electrons. The number of rotatable bonds is 13. The topological polar surface area (TPSA) is 83.7 Å². The normalized spacial score (nSPS) is 16.9. The first-order chi connectivity index (χ1) is 17.0. The van der Waals surface area contributed by atoms with Crippen LogP contribution < -0.4 is 10.6 Å². The second-order valence-corrected chi connectivity index (χ2v) is 8.28. The fourth-order valence-electron chi connectivity index (χ4n) is 3.74. The van der Waals surface area contributed by atoms with Gasteiger partial charge in [0.05, 0.1) is 11.0 Å². The van der Waals surface area contributed by atoms with Gasteiger partial charge in [0.15, 0.2) is 5.82 Å². The number of nitrogens with one attached hydrogen (secondary N) is 2. The van der Waals surface area contributed by atoms with Gasteiger partial charge in [0.1, 0.15) is 11.9 Å². The fraction of sp³-hybridized carbons (Fsp3) is 0.385. The van der Waals surface area contributed by atoms with Crippen LogP contribution in [0.4, 0.5) is 8.78 Å². The Balaban J connectivity index is 1.52. The van der Waals surface area contributed by atoms with E-state index in [0.717, 1.165) is 23.9 Å². The Morgan fingerprint density at radius 1 is 1.29 bits per heavy atom. The quantitative estimate of drug-likeness (QED) is 0.290. The molecule has 0 bridgehead atoms. The molecule has 2 aromatic rings. The molecule has 1 aliphatic heterocycles. The molecule has 7 nitrogen and oxygen atoms in total. The van der Waals surface area contributed by atoms with Gasteiger partial charge in [0, 0.05) is 25.6 Å². The van der Waals surface area contributed by atoms with E-state index in [-0.39, 0.29) is 23.8 Å². The van der Waals surface area contributed by atoms with E-state index in [1.807, 2.05) is 54.0 Å². The zero-order valence-electron chi connectivity index (χ0n) is 19.9. The highest BCUT2D eigenvalue weighted by Gasteiger charge is 2.20. The summed E-state index contributed by atoms with van der Waals surface area (Å²) in [5, 5.41) is 13.7. The van der Waals surface area contributed by atoms with E-state index in [2.05, 4.69) is 38.5 Å². The number of hydrogen-bond acceptors (Lipinski definition) is 5. The van der Waals surface area contributed by atoms with Gasteiger partial charge in [-0.05, 0) is 38.3 Å². The number of fused-ring (bicyclic) bond motifs is 1. The van der Waals surface area contributed by atoms with E-state index in [0.29, 0.717) is 31.8 Å². The van der Waals surface area contributed by atoms with E-state index in [4.69, 9.17) is 0 Å². The Kier molecular flexibility index (Phi) is 10.0. The molecule has 0 saturated heterocycles. The van der Waals surface area contributed by atoms with Crippen molar-refractivity contribution in [2.75, 3.05) is 6.54 Å². The molecule has 2 N–H and O–H groups in total. The molecule has 2 atom stereocenters.